The minimum absolute atomic E-state index is 0.0609. The third kappa shape index (κ3) is 3.65. The Bertz CT molecular complexity index is 341. The summed E-state index contributed by atoms with van der Waals surface area (Å²) in [6.07, 6.45) is 2.34. The topological polar surface area (TPSA) is 105 Å². The standard InChI is InChI=1S/C12H23N5O2/c13-10-3-4-16(7-10)8-11(18)17-5-1-9(2-6-17)12(19)15-14/h9-10H,1-8,13-14H2,(H,15,19). The van der Waals surface area contributed by atoms with E-state index in [-0.39, 0.29) is 23.8 Å². The summed E-state index contributed by atoms with van der Waals surface area (Å²) in [4.78, 5) is 27.5. The summed E-state index contributed by atoms with van der Waals surface area (Å²) >= 11 is 0. The fourth-order valence-corrected chi connectivity index (χ4v) is 2.81. The Hall–Kier alpha value is -1.18. The molecular weight excluding hydrogens is 246 g/mol. The van der Waals surface area contributed by atoms with Gasteiger partial charge in [-0.25, -0.2) is 5.84 Å². The van der Waals surface area contributed by atoms with Crippen LogP contribution in [0.3, 0.4) is 0 Å². The maximum atomic E-state index is 12.1. The van der Waals surface area contributed by atoms with E-state index in [9.17, 15) is 9.59 Å². The normalized spacial score (nSPS) is 25.6. The van der Waals surface area contributed by atoms with Crippen LogP contribution >= 0.6 is 0 Å². The summed E-state index contributed by atoms with van der Waals surface area (Å²) < 4.78 is 0. The van der Waals surface area contributed by atoms with Crippen molar-refractivity contribution in [1.29, 1.82) is 0 Å². The van der Waals surface area contributed by atoms with Crippen molar-refractivity contribution >= 4 is 11.8 Å². The van der Waals surface area contributed by atoms with Crippen LogP contribution < -0.4 is 17.0 Å². The first-order chi connectivity index (χ1) is 9.10. The summed E-state index contributed by atoms with van der Waals surface area (Å²) in [5.74, 6) is 5.07. The quantitative estimate of drug-likeness (QED) is 0.320. The van der Waals surface area contributed by atoms with E-state index >= 15 is 0 Å². The Morgan fingerprint density at radius 1 is 1.16 bits per heavy atom. The van der Waals surface area contributed by atoms with E-state index in [1.807, 2.05) is 4.90 Å². The molecule has 0 aromatic rings. The van der Waals surface area contributed by atoms with Crippen molar-refractivity contribution in [3.63, 3.8) is 0 Å². The van der Waals surface area contributed by atoms with Crippen molar-refractivity contribution in [2.45, 2.75) is 25.3 Å². The number of nitrogens with zero attached hydrogens (tertiary/aromatic N) is 2. The van der Waals surface area contributed by atoms with Gasteiger partial charge in [0.15, 0.2) is 0 Å². The third-order valence-corrected chi connectivity index (χ3v) is 4.03. The lowest BCUT2D eigenvalue weighted by Gasteiger charge is -2.32. The molecule has 2 amide bonds. The highest BCUT2D eigenvalue weighted by Gasteiger charge is 2.28. The van der Waals surface area contributed by atoms with Crippen molar-refractivity contribution < 1.29 is 9.59 Å². The number of hydrogen-bond acceptors (Lipinski definition) is 5. The van der Waals surface area contributed by atoms with Crippen LogP contribution in [0.15, 0.2) is 0 Å². The number of hydrogen-bond donors (Lipinski definition) is 3. The molecule has 1 atom stereocenters. The number of nitrogens with two attached hydrogens (primary N) is 2. The SMILES string of the molecule is NNC(=O)C1CCN(C(=O)CN2CCC(N)C2)CC1. The molecule has 19 heavy (non-hydrogen) atoms. The lowest BCUT2D eigenvalue weighted by Crippen LogP contribution is -2.47. The second-order valence-electron chi connectivity index (χ2n) is 5.45. The van der Waals surface area contributed by atoms with Crippen LogP contribution in [0.25, 0.3) is 0 Å². The van der Waals surface area contributed by atoms with E-state index in [4.69, 9.17) is 11.6 Å². The second kappa shape index (κ2) is 6.31. The van der Waals surface area contributed by atoms with E-state index in [0.717, 1.165) is 19.5 Å². The van der Waals surface area contributed by atoms with Gasteiger partial charge in [-0.1, -0.05) is 0 Å². The van der Waals surface area contributed by atoms with E-state index in [1.165, 1.54) is 0 Å². The Kier molecular flexibility index (Phi) is 4.73. The van der Waals surface area contributed by atoms with Crippen LogP contribution in [-0.2, 0) is 9.59 Å². The van der Waals surface area contributed by atoms with Gasteiger partial charge in [-0.05, 0) is 19.3 Å². The first kappa shape index (κ1) is 14.2. The molecule has 108 valence electrons. The number of carbonyl (C=O) groups excluding carboxylic acids is 2. The summed E-state index contributed by atoms with van der Waals surface area (Å²) in [6.45, 7) is 3.42. The zero-order valence-corrected chi connectivity index (χ0v) is 11.2. The number of hydrazine groups is 1. The van der Waals surface area contributed by atoms with Crippen LogP contribution in [0.1, 0.15) is 19.3 Å². The average Bonchev–Trinajstić information content (AvgIpc) is 2.83. The molecule has 0 aromatic heterocycles. The van der Waals surface area contributed by atoms with Gasteiger partial charge in [-0.15, -0.1) is 0 Å². The largest absolute Gasteiger partial charge is 0.342 e. The van der Waals surface area contributed by atoms with Crippen LogP contribution in [0.2, 0.25) is 0 Å². The molecule has 7 nitrogen and oxygen atoms in total. The van der Waals surface area contributed by atoms with Crippen molar-refractivity contribution in [3.05, 3.63) is 0 Å². The van der Waals surface area contributed by atoms with E-state index in [1.54, 1.807) is 0 Å². The van der Waals surface area contributed by atoms with Gasteiger partial charge in [0.25, 0.3) is 0 Å². The lowest BCUT2D eigenvalue weighted by molar-refractivity contribution is -0.136. The second-order valence-corrected chi connectivity index (χ2v) is 5.45. The molecule has 0 aliphatic carbocycles. The van der Waals surface area contributed by atoms with Crippen LogP contribution in [0.4, 0.5) is 0 Å². The molecule has 0 radical (unpaired) electrons. The zero-order valence-electron chi connectivity index (χ0n) is 11.2. The van der Waals surface area contributed by atoms with Gasteiger partial charge in [0.05, 0.1) is 6.54 Å². The van der Waals surface area contributed by atoms with E-state index in [2.05, 4.69) is 10.3 Å². The number of nitrogens with one attached hydrogen (secondary N) is 1. The molecule has 1 unspecified atom stereocenters. The first-order valence-corrected chi connectivity index (χ1v) is 6.86. The molecule has 0 saturated carbocycles. The predicted molar refractivity (Wildman–Crippen MR) is 70.7 cm³/mol. The van der Waals surface area contributed by atoms with Gasteiger partial charge in [-0.3, -0.25) is 19.9 Å². The number of amides is 2. The molecule has 0 spiro atoms. The summed E-state index contributed by atoms with van der Waals surface area (Å²) in [5.41, 5.74) is 8.00. The fraction of sp³-hybridized carbons (Fsp3) is 0.833. The number of carbonyl (C=O) groups is 2. The smallest absolute Gasteiger partial charge is 0.237 e. The molecular formula is C12H23N5O2. The third-order valence-electron chi connectivity index (χ3n) is 4.03. The molecule has 2 aliphatic heterocycles. The molecule has 2 saturated heterocycles. The Morgan fingerprint density at radius 2 is 1.84 bits per heavy atom. The van der Waals surface area contributed by atoms with Gasteiger partial charge in [0, 0.05) is 38.1 Å². The number of likely N-dealkylation sites (tertiary alicyclic amines) is 2. The Morgan fingerprint density at radius 3 is 2.37 bits per heavy atom. The van der Waals surface area contributed by atoms with E-state index in [0.29, 0.717) is 32.5 Å². The van der Waals surface area contributed by atoms with E-state index < -0.39 is 0 Å². The van der Waals surface area contributed by atoms with Crippen LogP contribution in [-0.4, -0.2) is 60.4 Å². The molecule has 5 N–H and O–H groups in total. The predicted octanol–water partition coefficient (Wildman–Crippen LogP) is -1.75. The molecule has 2 aliphatic rings. The fourth-order valence-electron chi connectivity index (χ4n) is 2.81. The first-order valence-electron chi connectivity index (χ1n) is 6.86. The van der Waals surface area contributed by atoms with Crippen LogP contribution in [0, 0.1) is 5.92 Å². The molecule has 7 heteroatoms. The highest BCUT2D eigenvalue weighted by Crippen LogP contribution is 2.17. The lowest BCUT2D eigenvalue weighted by atomic mass is 9.96. The van der Waals surface area contributed by atoms with Crippen molar-refractivity contribution in [2.24, 2.45) is 17.5 Å². The molecule has 0 bridgehead atoms. The molecule has 2 fully saturated rings. The minimum Gasteiger partial charge on any atom is -0.342 e. The highest BCUT2D eigenvalue weighted by molar-refractivity contribution is 5.80. The van der Waals surface area contributed by atoms with Gasteiger partial charge >= 0.3 is 0 Å². The van der Waals surface area contributed by atoms with Gasteiger partial charge in [0.1, 0.15) is 0 Å². The van der Waals surface area contributed by atoms with Crippen LogP contribution in [0.5, 0.6) is 0 Å². The van der Waals surface area contributed by atoms with Gasteiger partial charge in [0.2, 0.25) is 11.8 Å². The summed E-state index contributed by atoms with van der Waals surface area (Å²) in [6, 6.07) is 0.201. The zero-order chi connectivity index (χ0) is 13.8. The van der Waals surface area contributed by atoms with Crippen molar-refractivity contribution in [2.75, 3.05) is 32.7 Å². The van der Waals surface area contributed by atoms with Gasteiger partial charge < -0.3 is 10.6 Å². The maximum Gasteiger partial charge on any atom is 0.237 e. The molecule has 2 heterocycles. The Balaban J connectivity index is 1.75. The number of piperidine rings is 1. The summed E-state index contributed by atoms with van der Waals surface area (Å²) in [7, 11) is 0. The monoisotopic (exact) mass is 269 g/mol. The number of rotatable bonds is 3. The summed E-state index contributed by atoms with van der Waals surface area (Å²) in [5, 5.41) is 0. The van der Waals surface area contributed by atoms with Crippen molar-refractivity contribution in [1.82, 2.24) is 15.2 Å². The minimum atomic E-state index is -0.127. The average molecular weight is 269 g/mol. The maximum absolute atomic E-state index is 12.1. The van der Waals surface area contributed by atoms with Gasteiger partial charge in [-0.2, -0.15) is 0 Å². The molecule has 0 aromatic carbocycles. The Labute approximate surface area is 113 Å². The highest BCUT2D eigenvalue weighted by atomic mass is 16.2. The molecule has 2 rings (SSSR count). The van der Waals surface area contributed by atoms with Crippen molar-refractivity contribution in [3.8, 4) is 0 Å².